The van der Waals surface area contributed by atoms with E-state index in [4.69, 9.17) is 4.74 Å². The van der Waals surface area contributed by atoms with Gasteiger partial charge in [0.25, 0.3) is 0 Å². The van der Waals surface area contributed by atoms with E-state index in [9.17, 15) is 9.59 Å². The molecule has 34 heavy (non-hydrogen) atoms. The first-order valence-corrected chi connectivity index (χ1v) is 11.1. The molecule has 0 aliphatic carbocycles. The van der Waals surface area contributed by atoms with Crippen LogP contribution in [0.5, 0.6) is 0 Å². The van der Waals surface area contributed by atoms with Crippen molar-refractivity contribution in [2.45, 2.75) is 33.4 Å². The second-order valence-electron chi connectivity index (χ2n) is 7.78. The SMILES string of the molecule is C=CNc1ccccc1C.Cc1ccc(COC(=O)NCC(=O)N[C@H](C)c2ccccc2)cc1. The summed E-state index contributed by atoms with van der Waals surface area (Å²) in [5, 5.41) is 8.31. The summed E-state index contributed by atoms with van der Waals surface area (Å²) in [6, 6.07) is 25.3. The van der Waals surface area contributed by atoms with Gasteiger partial charge in [0, 0.05) is 5.69 Å². The largest absolute Gasteiger partial charge is 0.445 e. The highest BCUT2D eigenvalue weighted by Crippen LogP contribution is 2.12. The maximum absolute atomic E-state index is 11.9. The summed E-state index contributed by atoms with van der Waals surface area (Å²) in [5.74, 6) is -0.265. The maximum atomic E-state index is 11.9. The van der Waals surface area contributed by atoms with Gasteiger partial charge in [0.2, 0.25) is 5.91 Å². The van der Waals surface area contributed by atoms with Gasteiger partial charge in [0.15, 0.2) is 0 Å². The molecule has 0 heterocycles. The van der Waals surface area contributed by atoms with Crippen molar-refractivity contribution in [2.24, 2.45) is 0 Å². The number of nitrogens with one attached hydrogen (secondary N) is 3. The van der Waals surface area contributed by atoms with Crippen molar-refractivity contribution >= 4 is 17.7 Å². The zero-order chi connectivity index (χ0) is 24.8. The van der Waals surface area contributed by atoms with Gasteiger partial charge in [-0.25, -0.2) is 4.79 Å². The normalized spacial score (nSPS) is 10.7. The number of anilines is 1. The highest BCUT2D eigenvalue weighted by atomic mass is 16.5. The second-order valence-corrected chi connectivity index (χ2v) is 7.78. The number of aryl methyl sites for hydroxylation is 2. The monoisotopic (exact) mass is 459 g/mol. The Bertz CT molecular complexity index is 1050. The lowest BCUT2D eigenvalue weighted by atomic mass is 10.1. The number of hydrogen-bond acceptors (Lipinski definition) is 4. The van der Waals surface area contributed by atoms with E-state index >= 15 is 0 Å². The lowest BCUT2D eigenvalue weighted by molar-refractivity contribution is -0.120. The Morgan fingerprint density at radius 3 is 2.24 bits per heavy atom. The second kappa shape index (κ2) is 14.2. The number of ether oxygens (including phenoxy) is 1. The quantitative estimate of drug-likeness (QED) is 0.407. The average Bonchev–Trinajstić information content (AvgIpc) is 2.85. The number of carbonyl (C=O) groups is 2. The Hall–Kier alpha value is -4.06. The van der Waals surface area contributed by atoms with Gasteiger partial charge < -0.3 is 20.7 Å². The van der Waals surface area contributed by atoms with Crippen molar-refractivity contribution in [3.63, 3.8) is 0 Å². The van der Waals surface area contributed by atoms with E-state index in [0.29, 0.717) is 0 Å². The Morgan fingerprint density at radius 1 is 0.941 bits per heavy atom. The van der Waals surface area contributed by atoms with E-state index < -0.39 is 6.09 Å². The molecule has 1 atom stereocenters. The lowest BCUT2D eigenvalue weighted by Crippen LogP contribution is -2.38. The van der Waals surface area contributed by atoms with Crippen LogP contribution >= 0.6 is 0 Å². The first-order valence-electron chi connectivity index (χ1n) is 11.1. The van der Waals surface area contributed by atoms with Crippen molar-refractivity contribution in [3.8, 4) is 0 Å². The maximum Gasteiger partial charge on any atom is 0.407 e. The van der Waals surface area contributed by atoms with E-state index in [1.54, 1.807) is 6.20 Å². The molecule has 0 spiro atoms. The number of benzene rings is 3. The minimum Gasteiger partial charge on any atom is -0.445 e. The number of amides is 2. The van der Waals surface area contributed by atoms with Crippen molar-refractivity contribution in [2.75, 3.05) is 11.9 Å². The number of alkyl carbamates (subject to hydrolysis) is 1. The van der Waals surface area contributed by atoms with E-state index in [2.05, 4.69) is 35.5 Å². The van der Waals surface area contributed by atoms with Gasteiger partial charge in [-0.2, -0.15) is 0 Å². The Balaban J connectivity index is 0.000000340. The molecule has 3 aromatic carbocycles. The molecular formula is C28H33N3O3. The Labute approximate surface area is 202 Å². The number of para-hydroxylation sites is 1. The fourth-order valence-corrected chi connectivity index (χ4v) is 3.00. The molecular weight excluding hydrogens is 426 g/mol. The molecule has 3 N–H and O–H groups in total. The summed E-state index contributed by atoms with van der Waals surface area (Å²) in [6.07, 6.45) is 1.07. The smallest absolute Gasteiger partial charge is 0.407 e. The summed E-state index contributed by atoms with van der Waals surface area (Å²) in [5.41, 5.74) is 5.41. The van der Waals surface area contributed by atoms with Crippen LogP contribution in [-0.2, 0) is 16.1 Å². The molecule has 6 heteroatoms. The Morgan fingerprint density at radius 2 is 1.59 bits per heavy atom. The molecule has 0 aliphatic rings. The number of hydrogen-bond donors (Lipinski definition) is 3. The van der Waals surface area contributed by atoms with Crippen LogP contribution in [0, 0.1) is 13.8 Å². The number of carbonyl (C=O) groups excluding carboxylic acids is 2. The van der Waals surface area contributed by atoms with Crippen molar-refractivity contribution in [1.29, 1.82) is 0 Å². The van der Waals surface area contributed by atoms with Crippen molar-refractivity contribution in [3.05, 3.63) is 114 Å². The molecule has 0 aliphatic heterocycles. The molecule has 0 fully saturated rings. The van der Waals surface area contributed by atoms with E-state index in [-0.39, 0.29) is 25.1 Å². The van der Waals surface area contributed by atoms with E-state index in [1.165, 1.54) is 5.56 Å². The van der Waals surface area contributed by atoms with Crippen LogP contribution in [-0.4, -0.2) is 18.5 Å². The number of rotatable bonds is 8. The third-order valence-corrected chi connectivity index (χ3v) is 4.96. The molecule has 0 unspecified atom stereocenters. The summed E-state index contributed by atoms with van der Waals surface area (Å²) >= 11 is 0. The van der Waals surface area contributed by atoms with Crippen molar-refractivity contribution < 1.29 is 14.3 Å². The standard InChI is InChI=1S/C19H22N2O3.C9H11N/c1-14-8-10-16(11-9-14)13-24-19(23)20-12-18(22)21-15(2)17-6-4-3-5-7-17;1-3-10-9-7-5-4-6-8(9)2/h3-11,15H,12-13H2,1-2H3,(H,20,23)(H,21,22);3-7,10H,1H2,2H3/t15-;/m1./s1. The van der Waals surface area contributed by atoms with Gasteiger partial charge in [0.05, 0.1) is 6.04 Å². The van der Waals surface area contributed by atoms with Crippen LogP contribution in [0.2, 0.25) is 0 Å². The fourth-order valence-electron chi connectivity index (χ4n) is 3.00. The Kier molecular flexibility index (Phi) is 10.9. The van der Waals surface area contributed by atoms with Gasteiger partial charge in [-0.15, -0.1) is 0 Å². The van der Waals surface area contributed by atoms with Gasteiger partial charge in [-0.1, -0.05) is 84.9 Å². The lowest BCUT2D eigenvalue weighted by Gasteiger charge is -2.14. The molecule has 0 saturated carbocycles. The summed E-state index contributed by atoms with van der Waals surface area (Å²) in [6.45, 7) is 9.59. The first kappa shape index (κ1) is 26.2. The summed E-state index contributed by atoms with van der Waals surface area (Å²) in [7, 11) is 0. The van der Waals surface area contributed by atoms with Crippen molar-refractivity contribution in [1.82, 2.24) is 10.6 Å². The van der Waals surface area contributed by atoms with Gasteiger partial charge >= 0.3 is 6.09 Å². The molecule has 0 bridgehead atoms. The summed E-state index contributed by atoms with van der Waals surface area (Å²) < 4.78 is 5.08. The third kappa shape index (κ3) is 9.61. The topological polar surface area (TPSA) is 79.5 Å². The van der Waals surface area contributed by atoms with Crippen LogP contribution in [0.3, 0.4) is 0 Å². The van der Waals surface area contributed by atoms with Crippen LogP contribution < -0.4 is 16.0 Å². The summed E-state index contributed by atoms with van der Waals surface area (Å²) in [4.78, 5) is 23.5. The van der Waals surface area contributed by atoms with Crippen LogP contribution in [0.1, 0.15) is 35.2 Å². The average molecular weight is 460 g/mol. The molecule has 0 radical (unpaired) electrons. The highest BCUT2D eigenvalue weighted by molar-refractivity contribution is 5.82. The molecule has 6 nitrogen and oxygen atoms in total. The molecule has 0 saturated heterocycles. The molecule has 2 amide bonds. The van der Waals surface area contributed by atoms with E-state index in [1.807, 2.05) is 86.6 Å². The first-order chi connectivity index (χ1) is 16.4. The predicted octanol–water partition coefficient (Wildman–Crippen LogP) is 5.65. The minimum absolute atomic E-state index is 0.121. The van der Waals surface area contributed by atoms with Crippen LogP contribution in [0.15, 0.2) is 91.6 Å². The van der Waals surface area contributed by atoms with Crippen LogP contribution in [0.25, 0.3) is 0 Å². The molecule has 3 aromatic rings. The highest BCUT2D eigenvalue weighted by Gasteiger charge is 2.11. The zero-order valence-corrected chi connectivity index (χ0v) is 20.0. The third-order valence-electron chi connectivity index (χ3n) is 4.96. The van der Waals surface area contributed by atoms with Gasteiger partial charge in [-0.05, 0) is 49.7 Å². The van der Waals surface area contributed by atoms with E-state index in [0.717, 1.165) is 22.4 Å². The molecule has 178 valence electrons. The zero-order valence-electron chi connectivity index (χ0n) is 20.0. The van der Waals surface area contributed by atoms with Gasteiger partial charge in [0.1, 0.15) is 13.2 Å². The van der Waals surface area contributed by atoms with Crippen LogP contribution in [0.4, 0.5) is 10.5 Å². The molecule has 3 rings (SSSR count). The fraction of sp³-hybridized carbons (Fsp3) is 0.214. The van der Waals surface area contributed by atoms with Gasteiger partial charge in [-0.3, -0.25) is 4.79 Å². The minimum atomic E-state index is -0.613. The molecule has 0 aromatic heterocycles. The predicted molar refractivity (Wildman–Crippen MR) is 137 cm³/mol.